The summed E-state index contributed by atoms with van der Waals surface area (Å²) in [5, 5.41) is 2.43. The lowest BCUT2D eigenvalue weighted by Gasteiger charge is -1.92. The molecule has 0 saturated carbocycles. The Morgan fingerprint density at radius 3 is 2.90 bits per heavy atom. The molecule has 4 heteroatoms. The molecule has 0 aliphatic rings. The zero-order valence-corrected chi connectivity index (χ0v) is 5.64. The maximum absolute atomic E-state index is 10.3. The molecular weight excluding hydrogens is 130 g/mol. The van der Waals surface area contributed by atoms with Gasteiger partial charge in [0, 0.05) is 11.9 Å². The molecule has 0 aliphatic carbocycles. The van der Waals surface area contributed by atoms with Crippen LogP contribution in [0.2, 0.25) is 0 Å². The summed E-state index contributed by atoms with van der Waals surface area (Å²) < 4.78 is 0. The molecule has 4 N–H and O–H groups in total. The molecule has 0 radical (unpaired) electrons. The Labute approximate surface area is 58.4 Å². The predicted molar refractivity (Wildman–Crippen MR) is 38.7 cm³/mol. The van der Waals surface area contributed by atoms with Gasteiger partial charge in [0.1, 0.15) is 0 Å². The molecule has 1 aromatic heterocycles. The molecule has 0 aliphatic heterocycles. The molecule has 1 aromatic rings. The third kappa shape index (κ3) is 1.51. The molecule has 10 heavy (non-hydrogen) atoms. The van der Waals surface area contributed by atoms with Crippen LogP contribution in [0.25, 0.3) is 0 Å². The van der Waals surface area contributed by atoms with E-state index in [-0.39, 0.29) is 0 Å². The fourth-order valence-electron chi connectivity index (χ4n) is 0.723. The van der Waals surface area contributed by atoms with Crippen LogP contribution in [0.4, 0.5) is 10.5 Å². The first-order valence-corrected chi connectivity index (χ1v) is 2.90. The lowest BCUT2D eigenvalue weighted by atomic mass is 10.4. The third-order valence-electron chi connectivity index (χ3n) is 1.09. The Morgan fingerprint density at radius 2 is 2.50 bits per heavy atom. The van der Waals surface area contributed by atoms with Gasteiger partial charge in [-0.25, -0.2) is 4.79 Å². The van der Waals surface area contributed by atoms with Gasteiger partial charge in [-0.3, -0.25) is 0 Å². The molecular formula is C6H9N3O. The van der Waals surface area contributed by atoms with Crippen LogP contribution in [0.15, 0.2) is 12.3 Å². The van der Waals surface area contributed by atoms with Crippen molar-refractivity contribution in [1.29, 1.82) is 0 Å². The maximum Gasteiger partial charge on any atom is 0.316 e. The summed E-state index contributed by atoms with van der Waals surface area (Å²) in [4.78, 5) is 13.2. The second-order valence-electron chi connectivity index (χ2n) is 2.06. The first-order valence-electron chi connectivity index (χ1n) is 2.90. The molecule has 0 atom stereocenters. The van der Waals surface area contributed by atoms with Gasteiger partial charge >= 0.3 is 6.03 Å². The van der Waals surface area contributed by atoms with Gasteiger partial charge < -0.3 is 16.0 Å². The SMILES string of the molecule is Cc1cc(NC(N)=O)c[nH]1. The number of rotatable bonds is 1. The normalized spacial score (nSPS) is 9.30. The summed E-state index contributed by atoms with van der Waals surface area (Å²) in [6.45, 7) is 1.90. The Kier molecular flexibility index (Phi) is 1.62. The van der Waals surface area contributed by atoms with Crippen LogP contribution in [0.1, 0.15) is 5.69 Å². The number of nitrogens with one attached hydrogen (secondary N) is 2. The molecule has 0 aromatic carbocycles. The number of aromatic amines is 1. The number of hydrogen-bond donors (Lipinski definition) is 3. The van der Waals surface area contributed by atoms with Crippen LogP contribution in [-0.2, 0) is 0 Å². The molecule has 1 rings (SSSR count). The standard InChI is InChI=1S/C6H9N3O/c1-4-2-5(3-8-4)9-6(7)10/h2-3,8H,1H3,(H3,7,9,10). The van der Waals surface area contributed by atoms with Gasteiger partial charge in [0.2, 0.25) is 0 Å². The predicted octanol–water partition coefficient (Wildman–Crippen LogP) is 0.814. The fourth-order valence-corrected chi connectivity index (χ4v) is 0.723. The molecule has 54 valence electrons. The zero-order valence-electron chi connectivity index (χ0n) is 5.64. The smallest absolute Gasteiger partial charge is 0.316 e. The number of nitrogens with two attached hydrogens (primary N) is 1. The van der Waals surface area contributed by atoms with Crippen LogP contribution in [-0.4, -0.2) is 11.0 Å². The summed E-state index contributed by atoms with van der Waals surface area (Å²) in [5.41, 5.74) is 6.56. The first kappa shape index (κ1) is 6.67. The van der Waals surface area contributed by atoms with Crippen molar-refractivity contribution < 1.29 is 4.79 Å². The molecule has 0 spiro atoms. The van der Waals surface area contributed by atoms with E-state index >= 15 is 0 Å². The maximum atomic E-state index is 10.3. The molecule has 0 bridgehead atoms. The average molecular weight is 139 g/mol. The molecule has 0 unspecified atom stereocenters. The lowest BCUT2D eigenvalue weighted by molar-refractivity contribution is 0.259. The van der Waals surface area contributed by atoms with Crippen LogP contribution >= 0.6 is 0 Å². The molecule has 0 fully saturated rings. The Hall–Kier alpha value is -1.45. The van der Waals surface area contributed by atoms with Crippen molar-refractivity contribution in [2.75, 3.05) is 5.32 Å². The second kappa shape index (κ2) is 2.43. The topological polar surface area (TPSA) is 70.9 Å². The van der Waals surface area contributed by atoms with E-state index in [2.05, 4.69) is 10.3 Å². The largest absolute Gasteiger partial charge is 0.363 e. The Balaban J connectivity index is 2.67. The average Bonchev–Trinajstić information content (AvgIpc) is 2.13. The number of carbonyl (C=O) groups is 1. The van der Waals surface area contributed by atoms with Crippen molar-refractivity contribution in [2.24, 2.45) is 5.73 Å². The fraction of sp³-hybridized carbons (Fsp3) is 0.167. The van der Waals surface area contributed by atoms with E-state index in [1.165, 1.54) is 0 Å². The van der Waals surface area contributed by atoms with E-state index in [9.17, 15) is 4.79 Å². The first-order chi connectivity index (χ1) is 4.68. The van der Waals surface area contributed by atoms with E-state index in [0.717, 1.165) is 5.69 Å². The minimum Gasteiger partial charge on any atom is -0.363 e. The van der Waals surface area contributed by atoms with E-state index < -0.39 is 6.03 Å². The van der Waals surface area contributed by atoms with Crippen LogP contribution in [0.5, 0.6) is 0 Å². The van der Waals surface area contributed by atoms with Crippen molar-refractivity contribution in [3.8, 4) is 0 Å². The number of H-pyrrole nitrogens is 1. The molecule has 0 saturated heterocycles. The monoisotopic (exact) mass is 139 g/mol. The van der Waals surface area contributed by atoms with Gasteiger partial charge in [-0.05, 0) is 13.0 Å². The van der Waals surface area contributed by atoms with Gasteiger partial charge in [0.05, 0.1) is 5.69 Å². The number of hydrogen-bond acceptors (Lipinski definition) is 1. The lowest BCUT2D eigenvalue weighted by Crippen LogP contribution is -2.18. The zero-order chi connectivity index (χ0) is 7.56. The molecule has 4 nitrogen and oxygen atoms in total. The summed E-state index contributed by atoms with van der Waals surface area (Å²) in [7, 11) is 0. The van der Waals surface area contributed by atoms with Gasteiger partial charge in [-0.1, -0.05) is 0 Å². The number of urea groups is 1. The quantitative estimate of drug-likeness (QED) is 0.529. The van der Waals surface area contributed by atoms with Crippen molar-refractivity contribution in [1.82, 2.24) is 4.98 Å². The number of anilines is 1. The van der Waals surface area contributed by atoms with E-state index in [4.69, 9.17) is 5.73 Å². The van der Waals surface area contributed by atoms with E-state index in [1.807, 2.05) is 6.92 Å². The van der Waals surface area contributed by atoms with E-state index in [1.54, 1.807) is 12.3 Å². The van der Waals surface area contributed by atoms with Gasteiger partial charge in [-0.15, -0.1) is 0 Å². The van der Waals surface area contributed by atoms with Gasteiger partial charge in [0.15, 0.2) is 0 Å². The molecule has 1 heterocycles. The third-order valence-corrected chi connectivity index (χ3v) is 1.09. The second-order valence-corrected chi connectivity index (χ2v) is 2.06. The summed E-state index contributed by atoms with van der Waals surface area (Å²) in [5.74, 6) is 0. The van der Waals surface area contributed by atoms with Crippen LogP contribution in [0.3, 0.4) is 0 Å². The summed E-state index contributed by atoms with van der Waals surface area (Å²) >= 11 is 0. The summed E-state index contributed by atoms with van der Waals surface area (Å²) in [6.07, 6.45) is 1.68. The highest BCUT2D eigenvalue weighted by molar-refractivity contribution is 5.87. The molecule has 2 amide bonds. The highest BCUT2D eigenvalue weighted by Gasteiger charge is 1.95. The Bertz CT molecular complexity index is 241. The number of amides is 2. The van der Waals surface area contributed by atoms with Crippen LogP contribution in [0, 0.1) is 6.92 Å². The number of aryl methyl sites for hydroxylation is 1. The highest BCUT2D eigenvalue weighted by atomic mass is 16.2. The van der Waals surface area contributed by atoms with Gasteiger partial charge in [-0.2, -0.15) is 0 Å². The van der Waals surface area contributed by atoms with Gasteiger partial charge in [0.25, 0.3) is 0 Å². The Morgan fingerprint density at radius 1 is 1.80 bits per heavy atom. The van der Waals surface area contributed by atoms with Crippen molar-refractivity contribution in [2.45, 2.75) is 6.92 Å². The van der Waals surface area contributed by atoms with E-state index in [0.29, 0.717) is 5.69 Å². The van der Waals surface area contributed by atoms with Crippen molar-refractivity contribution >= 4 is 11.7 Å². The number of primary amides is 1. The summed E-state index contributed by atoms with van der Waals surface area (Å²) in [6, 6.07) is 1.25. The number of carbonyl (C=O) groups excluding carboxylic acids is 1. The van der Waals surface area contributed by atoms with Crippen molar-refractivity contribution in [3.63, 3.8) is 0 Å². The minimum atomic E-state index is -0.543. The highest BCUT2D eigenvalue weighted by Crippen LogP contribution is 2.06. The van der Waals surface area contributed by atoms with Crippen molar-refractivity contribution in [3.05, 3.63) is 18.0 Å². The minimum absolute atomic E-state index is 0.543. The number of aromatic nitrogens is 1. The van der Waals surface area contributed by atoms with Crippen LogP contribution < -0.4 is 11.1 Å².